The number of benzene rings is 1. The van der Waals surface area contributed by atoms with Gasteiger partial charge in [0.05, 0.1) is 11.7 Å². The Morgan fingerprint density at radius 3 is 2.33 bits per heavy atom. The van der Waals surface area contributed by atoms with Crippen molar-refractivity contribution in [2.75, 3.05) is 0 Å². The van der Waals surface area contributed by atoms with E-state index in [0.717, 1.165) is 11.1 Å². The molecule has 2 aromatic heterocycles. The molecule has 0 aliphatic rings. The molecule has 90 valence electrons. The van der Waals surface area contributed by atoms with Gasteiger partial charge in [-0.2, -0.15) is 0 Å². The minimum Gasteiger partial charge on any atom is -0.508 e. The van der Waals surface area contributed by atoms with Crippen LogP contribution < -0.4 is 0 Å². The van der Waals surface area contributed by atoms with Gasteiger partial charge in [-0.1, -0.05) is 11.6 Å². The van der Waals surface area contributed by atoms with Crippen molar-refractivity contribution in [2.24, 2.45) is 0 Å². The van der Waals surface area contributed by atoms with Gasteiger partial charge >= 0.3 is 0 Å². The molecule has 18 heavy (non-hydrogen) atoms. The second-order valence-corrected chi connectivity index (χ2v) is 4.27. The molecule has 2 heterocycles. The highest BCUT2D eigenvalue weighted by Crippen LogP contribution is 2.28. The Bertz CT molecular complexity index is 720. The summed E-state index contributed by atoms with van der Waals surface area (Å²) in [5, 5.41) is 19.2. The number of fused-ring (bicyclic) bond motifs is 1. The molecule has 0 aliphatic carbocycles. The molecule has 2 N–H and O–H groups in total. The first-order chi connectivity index (χ1) is 8.65. The first kappa shape index (κ1) is 10.9. The van der Waals surface area contributed by atoms with E-state index < -0.39 is 0 Å². The van der Waals surface area contributed by atoms with Gasteiger partial charge < -0.3 is 10.2 Å². The van der Waals surface area contributed by atoms with E-state index in [9.17, 15) is 10.2 Å². The third-order valence-electron chi connectivity index (χ3n) is 2.70. The molecule has 0 atom stereocenters. The zero-order valence-corrected chi connectivity index (χ0v) is 9.96. The van der Waals surface area contributed by atoms with Gasteiger partial charge in [0.15, 0.2) is 5.15 Å². The van der Waals surface area contributed by atoms with E-state index in [1.165, 1.54) is 0 Å². The van der Waals surface area contributed by atoms with Crippen molar-refractivity contribution in [1.82, 2.24) is 9.38 Å². The number of halogens is 1. The number of nitrogens with zero attached hydrogens (tertiary/aromatic N) is 2. The van der Waals surface area contributed by atoms with Crippen LogP contribution in [0.4, 0.5) is 0 Å². The van der Waals surface area contributed by atoms with Crippen LogP contribution in [-0.4, -0.2) is 19.6 Å². The highest BCUT2D eigenvalue weighted by atomic mass is 35.5. The molecule has 0 unspecified atom stereocenters. The molecule has 3 aromatic rings. The molecular weight excluding hydrogens is 252 g/mol. The fourth-order valence-corrected chi connectivity index (χ4v) is 2.09. The summed E-state index contributed by atoms with van der Waals surface area (Å²) in [7, 11) is 0. The van der Waals surface area contributed by atoms with Gasteiger partial charge in [-0.15, -0.1) is 0 Å². The van der Waals surface area contributed by atoms with Crippen LogP contribution >= 0.6 is 11.6 Å². The number of aromatic nitrogens is 2. The molecular formula is C13H9ClN2O2. The van der Waals surface area contributed by atoms with Crippen molar-refractivity contribution in [3.05, 3.63) is 47.7 Å². The largest absolute Gasteiger partial charge is 0.508 e. The second kappa shape index (κ2) is 3.92. The first-order valence-corrected chi connectivity index (χ1v) is 5.69. The SMILES string of the molecule is Oc1ccc(-c2nc(Cl)c3ccc(O)cn23)cc1. The van der Waals surface area contributed by atoms with Crippen LogP contribution in [0, 0.1) is 0 Å². The molecule has 1 aromatic carbocycles. The summed E-state index contributed by atoms with van der Waals surface area (Å²) in [6, 6.07) is 9.90. The lowest BCUT2D eigenvalue weighted by Gasteiger charge is -2.02. The predicted octanol–water partition coefficient (Wildman–Crippen LogP) is 3.07. The average Bonchev–Trinajstić information content (AvgIpc) is 2.67. The van der Waals surface area contributed by atoms with Crippen molar-refractivity contribution in [3.8, 4) is 22.9 Å². The van der Waals surface area contributed by atoms with Crippen LogP contribution in [0.2, 0.25) is 5.15 Å². The Morgan fingerprint density at radius 1 is 0.944 bits per heavy atom. The minimum absolute atomic E-state index is 0.136. The highest BCUT2D eigenvalue weighted by Gasteiger charge is 2.11. The summed E-state index contributed by atoms with van der Waals surface area (Å²) in [5.74, 6) is 0.941. The van der Waals surface area contributed by atoms with Crippen molar-refractivity contribution in [1.29, 1.82) is 0 Å². The van der Waals surface area contributed by atoms with E-state index in [2.05, 4.69) is 4.98 Å². The van der Waals surface area contributed by atoms with Crippen LogP contribution in [0.1, 0.15) is 0 Å². The van der Waals surface area contributed by atoms with Gasteiger partial charge in [-0.25, -0.2) is 4.98 Å². The maximum atomic E-state index is 9.52. The normalized spacial score (nSPS) is 10.9. The number of phenols is 1. The van der Waals surface area contributed by atoms with E-state index in [1.54, 1.807) is 47.0 Å². The molecule has 0 fully saturated rings. The minimum atomic E-state index is 0.136. The smallest absolute Gasteiger partial charge is 0.155 e. The summed E-state index contributed by atoms with van der Waals surface area (Å²) in [6.07, 6.45) is 1.55. The van der Waals surface area contributed by atoms with Gasteiger partial charge in [0, 0.05) is 5.56 Å². The van der Waals surface area contributed by atoms with Gasteiger partial charge in [-0.05, 0) is 36.4 Å². The Balaban J connectivity index is 2.28. The second-order valence-electron chi connectivity index (χ2n) is 3.92. The number of phenolic OH excluding ortho intramolecular Hbond substituents is 1. The van der Waals surface area contributed by atoms with Gasteiger partial charge in [-0.3, -0.25) is 4.40 Å². The topological polar surface area (TPSA) is 57.8 Å². The Hall–Kier alpha value is -2.20. The third kappa shape index (κ3) is 1.67. The van der Waals surface area contributed by atoms with Crippen LogP contribution in [0.15, 0.2) is 42.6 Å². The predicted molar refractivity (Wildman–Crippen MR) is 69.0 cm³/mol. The molecule has 0 radical (unpaired) electrons. The summed E-state index contributed by atoms with van der Waals surface area (Å²) < 4.78 is 1.71. The molecule has 5 heteroatoms. The maximum absolute atomic E-state index is 9.52. The van der Waals surface area contributed by atoms with Crippen LogP contribution in [0.3, 0.4) is 0 Å². The lowest BCUT2D eigenvalue weighted by molar-refractivity contribution is 0.472. The Labute approximate surface area is 108 Å². The molecule has 0 spiro atoms. The number of aromatic hydroxyl groups is 2. The zero-order chi connectivity index (χ0) is 12.7. The lowest BCUT2D eigenvalue weighted by Crippen LogP contribution is -1.88. The fraction of sp³-hybridized carbons (Fsp3) is 0. The summed E-state index contributed by atoms with van der Waals surface area (Å²) >= 11 is 6.05. The fourth-order valence-electron chi connectivity index (χ4n) is 1.85. The first-order valence-electron chi connectivity index (χ1n) is 5.31. The maximum Gasteiger partial charge on any atom is 0.155 e. The van der Waals surface area contributed by atoms with Crippen molar-refractivity contribution < 1.29 is 10.2 Å². The molecule has 3 rings (SSSR count). The van der Waals surface area contributed by atoms with Crippen molar-refractivity contribution in [2.45, 2.75) is 0 Å². The standard InChI is InChI=1S/C13H9ClN2O2/c14-12-11-6-5-10(18)7-16(11)13(15-12)8-1-3-9(17)4-2-8/h1-7,17-18H. The van der Waals surface area contributed by atoms with E-state index >= 15 is 0 Å². The van der Waals surface area contributed by atoms with E-state index in [0.29, 0.717) is 11.0 Å². The van der Waals surface area contributed by atoms with Gasteiger partial charge in [0.1, 0.15) is 17.3 Å². The average molecular weight is 261 g/mol. The van der Waals surface area contributed by atoms with Crippen molar-refractivity contribution in [3.63, 3.8) is 0 Å². The Morgan fingerprint density at radius 2 is 1.61 bits per heavy atom. The third-order valence-corrected chi connectivity index (χ3v) is 2.98. The molecule has 0 saturated carbocycles. The monoisotopic (exact) mass is 260 g/mol. The van der Waals surface area contributed by atoms with Gasteiger partial charge in [0.25, 0.3) is 0 Å². The van der Waals surface area contributed by atoms with Crippen LogP contribution in [0.5, 0.6) is 11.5 Å². The summed E-state index contributed by atoms with van der Waals surface area (Å²) in [5.41, 5.74) is 1.53. The molecule has 0 saturated heterocycles. The number of rotatable bonds is 1. The number of hydrogen-bond acceptors (Lipinski definition) is 3. The zero-order valence-electron chi connectivity index (χ0n) is 9.21. The summed E-state index contributed by atoms with van der Waals surface area (Å²) in [6.45, 7) is 0. The molecule has 0 aliphatic heterocycles. The number of imidazole rings is 1. The quantitative estimate of drug-likeness (QED) is 0.707. The van der Waals surface area contributed by atoms with Crippen molar-refractivity contribution >= 4 is 17.1 Å². The molecule has 0 amide bonds. The lowest BCUT2D eigenvalue weighted by atomic mass is 10.2. The van der Waals surface area contributed by atoms with E-state index in [-0.39, 0.29) is 11.5 Å². The summed E-state index contributed by atoms with van der Waals surface area (Å²) in [4.78, 5) is 4.27. The number of hydrogen-bond donors (Lipinski definition) is 2. The number of pyridine rings is 1. The van der Waals surface area contributed by atoms with E-state index in [4.69, 9.17) is 11.6 Å². The van der Waals surface area contributed by atoms with Crippen LogP contribution in [-0.2, 0) is 0 Å². The Kier molecular flexibility index (Phi) is 2.38. The molecule has 4 nitrogen and oxygen atoms in total. The van der Waals surface area contributed by atoms with Crippen LogP contribution in [0.25, 0.3) is 16.9 Å². The van der Waals surface area contributed by atoms with Gasteiger partial charge in [0.2, 0.25) is 0 Å². The highest BCUT2D eigenvalue weighted by molar-refractivity contribution is 6.32. The van der Waals surface area contributed by atoms with E-state index in [1.807, 2.05) is 0 Å². The molecule has 0 bridgehead atoms.